The lowest BCUT2D eigenvalue weighted by Crippen LogP contribution is -2.17. The van der Waals surface area contributed by atoms with Gasteiger partial charge >= 0.3 is 0 Å². The first-order valence-electron chi connectivity index (χ1n) is 6.26. The van der Waals surface area contributed by atoms with Gasteiger partial charge in [-0.25, -0.2) is 0 Å². The molecule has 0 radical (unpaired) electrons. The van der Waals surface area contributed by atoms with Gasteiger partial charge in [0.1, 0.15) is 0 Å². The Morgan fingerprint density at radius 2 is 2.12 bits per heavy atom. The van der Waals surface area contributed by atoms with Gasteiger partial charge in [0.2, 0.25) is 0 Å². The van der Waals surface area contributed by atoms with Crippen LogP contribution in [0.1, 0.15) is 31.2 Å². The van der Waals surface area contributed by atoms with Crippen LogP contribution in [0.2, 0.25) is 5.02 Å². The highest BCUT2D eigenvalue weighted by molar-refractivity contribution is 7.99. The Balaban J connectivity index is 2.56. The average molecular weight is 272 g/mol. The molecule has 0 aliphatic rings. The van der Waals surface area contributed by atoms with E-state index in [0.29, 0.717) is 5.92 Å². The summed E-state index contributed by atoms with van der Waals surface area (Å²) in [5, 5.41) is 4.17. The molecule has 0 heterocycles. The molecule has 0 saturated carbocycles. The highest BCUT2D eigenvalue weighted by Crippen LogP contribution is 2.28. The summed E-state index contributed by atoms with van der Waals surface area (Å²) in [6.45, 7) is 3.21. The van der Waals surface area contributed by atoms with E-state index in [-0.39, 0.29) is 0 Å². The molecule has 1 rings (SSSR count). The van der Waals surface area contributed by atoms with Gasteiger partial charge in [-0.3, -0.25) is 0 Å². The Morgan fingerprint density at radius 1 is 1.35 bits per heavy atom. The number of hydrogen-bond acceptors (Lipinski definition) is 2. The summed E-state index contributed by atoms with van der Waals surface area (Å²) in [7, 11) is 2.00. The first kappa shape index (κ1) is 14.9. The summed E-state index contributed by atoms with van der Waals surface area (Å²) < 4.78 is 0. The highest BCUT2D eigenvalue weighted by Gasteiger charge is 2.13. The van der Waals surface area contributed by atoms with E-state index < -0.39 is 0 Å². The third-order valence-corrected chi connectivity index (χ3v) is 4.17. The largest absolute Gasteiger partial charge is 0.319 e. The molecule has 0 aliphatic carbocycles. The second-order valence-electron chi connectivity index (χ2n) is 4.12. The fourth-order valence-electron chi connectivity index (χ4n) is 2.00. The third kappa shape index (κ3) is 5.33. The van der Waals surface area contributed by atoms with E-state index in [1.54, 1.807) is 0 Å². The molecule has 0 fully saturated rings. The number of rotatable bonds is 8. The molecule has 1 N–H and O–H groups in total. The number of thioether (sulfide) groups is 1. The van der Waals surface area contributed by atoms with Crippen molar-refractivity contribution < 1.29 is 0 Å². The number of nitrogens with one attached hydrogen (secondary N) is 1. The number of likely N-dealkylation sites (N-methyl/N-ethyl adjacent to an activating group) is 1. The van der Waals surface area contributed by atoms with Crippen molar-refractivity contribution in [2.45, 2.75) is 25.7 Å². The maximum atomic E-state index is 6.26. The lowest BCUT2D eigenvalue weighted by Gasteiger charge is -2.18. The number of hydrogen-bond donors (Lipinski definition) is 1. The van der Waals surface area contributed by atoms with Crippen molar-refractivity contribution in [2.24, 2.45) is 0 Å². The molecule has 3 heteroatoms. The van der Waals surface area contributed by atoms with Gasteiger partial charge in [-0.2, -0.15) is 11.8 Å². The van der Waals surface area contributed by atoms with Gasteiger partial charge in [0.25, 0.3) is 0 Å². The smallest absolute Gasteiger partial charge is 0.0441 e. The predicted molar refractivity (Wildman–Crippen MR) is 80.4 cm³/mol. The van der Waals surface area contributed by atoms with Crippen LogP contribution in [0, 0.1) is 0 Å². The minimum absolute atomic E-state index is 0.533. The normalized spacial score (nSPS) is 12.6. The predicted octanol–water partition coefficient (Wildman–Crippen LogP) is 4.18. The molecule has 0 spiro atoms. The minimum Gasteiger partial charge on any atom is -0.319 e. The molecule has 0 saturated heterocycles. The van der Waals surface area contributed by atoms with Crippen molar-refractivity contribution in [3.8, 4) is 0 Å². The van der Waals surface area contributed by atoms with Gasteiger partial charge in [0.05, 0.1) is 0 Å². The van der Waals surface area contributed by atoms with Crippen LogP contribution in [0.4, 0.5) is 0 Å². The van der Waals surface area contributed by atoms with Crippen molar-refractivity contribution in [3.05, 3.63) is 34.9 Å². The second-order valence-corrected chi connectivity index (χ2v) is 5.92. The van der Waals surface area contributed by atoms with Crippen LogP contribution in [0.3, 0.4) is 0 Å². The topological polar surface area (TPSA) is 12.0 Å². The van der Waals surface area contributed by atoms with Crippen LogP contribution in [0.5, 0.6) is 0 Å². The first-order valence-corrected chi connectivity index (χ1v) is 7.79. The van der Waals surface area contributed by atoms with Gasteiger partial charge in [-0.05, 0) is 48.9 Å². The van der Waals surface area contributed by atoms with Crippen molar-refractivity contribution >= 4 is 23.4 Å². The molecule has 0 bridgehead atoms. The lowest BCUT2D eigenvalue weighted by molar-refractivity contribution is 0.578. The summed E-state index contributed by atoms with van der Waals surface area (Å²) in [6, 6.07) is 8.21. The zero-order valence-electron chi connectivity index (χ0n) is 10.7. The monoisotopic (exact) mass is 271 g/mol. The highest BCUT2D eigenvalue weighted by atomic mass is 35.5. The van der Waals surface area contributed by atoms with Crippen molar-refractivity contribution in [3.63, 3.8) is 0 Å². The van der Waals surface area contributed by atoms with Crippen LogP contribution in [0.15, 0.2) is 24.3 Å². The Morgan fingerprint density at radius 3 is 2.76 bits per heavy atom. The molecule has 96 valence electrons. The Kier molecular flexibility index (Phi) is 7.74. The van der Waals surface area contributed by atoms with Gasteiger partial charge in [0.15, 0.2) is 0 Å². The zero-order chi connectivity index (χ0) is 12.5. The summed E-state index contributed by atoms with van der Waals surface area (Å²) in [5.74, 6) is 3.00. The van der Waals surface area contributed by atoms with E-state index in [9.17, 15) is 0 Å². The summed E-state index contributed by atoms with van der Waals surface area (Å²) in [5.41, 5.74) is 1.28. The minimum atomic E-state index is 0.533. The summed E-state index contributed by atoms with van der Waals surface area (Å²) in [6.07, 6.45) is 2.47. The van der Waals surface area contributed by atoms with Crippen LogP contribution < -0.4 is 5.32 Å². The quantitative estimate of drug-likeness (QED) is 0.712. The summed E-state index contributed by atoms with van der Waals surface area (Å²) in [4.78, 5) is 0. The van der Waals surface area contributed by atoms with Gasteiger partial charge in [-0.1, -0.05) is 36.7 Å². The first-order chi connectivity index (χ1) is 8.29. The van der Waals surface area contributed by atoms with Gasteiger partial charge in [0, 0.05) is 11.6 Å². The van der Waals surface area contributed by atoms with Crippen LogP contribution in [0.25, 0.3) is 0 Å². The lowest BCUT2D eigenvalue weighted by atomic mass is 9.94. The Bertz CT molecular complexity index is 317. The third-order valence-electron chi connectivity index (χ3n) is 2.84. The molecular formula is C14H22ClNS. The fourth-order valence-corrected chi connectivity index (χ4v) is 2.95. The summed E-state index contributed by atoms with van der Waals surface area (Å²) >= 11 is 8.28. The molecule has 0 amide bonds. The molecule has 0 aliphatic heterocycles. The van der Waals surface area contributed by atoms with Crippen molar-refractivity contribution in [1.82, 2.24) is 5.32 Å². The van der Waals surface area contributed by atoms with Gasteiger partial charge in [-0.15, -0.1) is 0 Å². The van der Waals surface area contributed by atoms with Crippen LogP contribution in [-0.4, -0.2) is 25.1 Å². The molecule has 1 unspecified atom stereocenters. The molecular weight excluding hydrogens is 250 g/mol. The number of benzene rings is 1. The van der Waals surface area contributed by atoms with Crippen molar-refractivity contribution in [1.29, 1.82) is 0 Å². The Labute approximate surface area is 114 Å². The maximum absolute atomic E-state index is 6.26. The van der Waals surface area contributed by atoms with E-state index in [0.717, 1.165) is 11.6 Å². The molecule has 1 nitrogen and oxygen atoms in total. The van der Waals surface area contributed by atoms with Gasteiger partial charge < -0.3 is 5.32 Å². The zero-order valence-corrected chi connectivity index (χ0v) is 12.3. The SMILES string of the molecule is CCSCCCC(CNC)c1ccccc1Cl. The Hall–Kier alpha value is -0.180. The molecule has 1 aromatic carbocycles. The van der Waals surface area contributed by atoms with Crippen molar-refractivity contribution in [2.75, 3.05) is 25.1 Å². The molecule has 1 aromatic rings. The maximum Gasteiger partial charge on any atom is 0.0441 e. The average Bonchev–Trinajstić information content (AvgIpc) is 2.34. The van der Waals surface area contributed by atoms with E-state index >= 15 is 0 Å². The van der Waals surface area contributed by atoms with E-state index in [1.807, 2.05) is 30.9 Å². The standard InChI is InChI=1S/C14H22ClNS/c1-3-17-10-6-7-12(11-16-2)13-8-4-5-9-14(13)15/h4-5,8-9,12,16H,3,6-7,10-11H2,1-2H3. The van der Waals surface area contributed by atoms with Crippen LogP contribution in [-0.2, 0) is 0 Å². The van der Waals surface area contributed by atoms with Crippen LogP contribution >= 0.6 is 23.4 Å². The second kappa shape index (κ2) is 8.84. The van der Waals surface area contributed by atoms with E-state index in [4.69, 9.17) is 11.6 Å². The van der Waals surface area contributed by atoms with E-state index in [2.05, 4.69) is 24.4 Å². The molecule has 17 heavy (non-hydrogen) atoms. The van der Waals surface area contributed by atoms with E-state index in [1.165, 1.54) is 29.9 Å². The fraction of sp³-hybridized carbons (Fsp3) is 0.571. The molecule has 0 aromatic heterocycles. The number of halogens is 1. The molecule has 1 atom stereocenters.